The highest BCUT2D eigenvalue weighted by molar-refractivity contribution is 7.99. The molecule has 0 aliphatic rings. The lowest BCUT2D eigenvalue weighted by Crippen LogP contribution is -2.12. The number of hydrogen-bond acceptors (Lipinski definition) is 3. The third kappa shape index (κ3) is 6.41. The largest absolute Gasteiger partial charge is 0.493 e. The van der Waals surface area contributed by atoms with Gasteiger partial charge in [0.05, 0.1) is 6.61 Å². The number of amides is 1. The van der Waals surface area contributed by atoms with Crippen LogP contribution in [0.3, 0.4) is 0 Å². The van der Waals surface area contributed by atoms with E-state index in [-0.39, 0.29) is 5.91 Å². The van der Waals surface area contributed by atoms with Gasteiger partial charge in [0.1, 0.15) is 5.75 Å². The molecule has 2 rings (SSSR count). The van der Waals surface area contributed by atoms with Crippen LogP contribution < -0.4 is 10.1 Å². The summed E-state index contributed by atoms with van der Waals surface area (Å²) in [4.78, 5) is 11.7. The summed E-state index contributed by atoms with van der Waals surface area (Å²) in [7, 11) is 0. The Balaban J connectivity index is 1.55. The Morgan fingerprint density at radius 1 is 1.09 bits per heavy atom. The molecule has 0 bridgehead atoms. The van der Waals surface area contributed by atoms with Crippen molar-refractivity contribution in [2.75, 3.05) is 23.4 Å². The maximum Gasteiger partial charge on any atom is 0.225 e. The predicted octanol–water partition coefficient (Wildman–Crippen LogP) is 4.48. The monoisotopic (exact) mass is 335 g/mol. The van der Waals surface area contributed by atoms with E-state index in [9.17, 15) is 4.79 Å². The number of carbonyl (C=O) groups excluding carboxylic acids is 1. The van der Waals surface area contributed by atoms with Crippen LogP contribution in [0.5, 0.6) is 5.75 Å². The Morgan fingerprint density at radius 2 is 1.91 bits per heavy atom. The summed E-state index contributed by atoms with van der Waals surface area (Å²) in [6.07, 6.45) is 0.497. The molecule has 116 valence electrons. The van der Waals surface area contributed by atoms with E-state index in [0.29, 0.717) is 18.1 Å². The third-order valence-corrected chi connectivity index (χ3v) is 4.01. The first-order valence-electron chi connectivity index (χ1n) is 7.05. The second kappa shape index (κ2) is 9.38. The number of ether oxygens (including phenoxy) is 1. The van der Waals surface area contributed by atoms with E-state index in [1.165, 1.54) is 0 Å². The van der Waals surface area contributed by atoms with Crippen LogP contribution in [-0.4, -0.2) is 24.0 Å². The smallest absolute Gasteiger partial charge is 0.225 e. The van der Waals surface area contributed by atoms with E-state index in [2.05, 4.69) is 5.32 Å². The van der Waals surface area contributed by atoms with E-state index in [0.717, 1.165) is 22.9 Å². The Hall–Kier alpha value is -1.65. The minimum atomic E-state index is 0.0365. The molecule has 0 atom stereocenters. The van der Waals surface area contributed by atoms with Crippen molar-refractivity contribution in [3.8, 4) is 5.75 Å². The summed E-state index contributed by atoms with van der Waals surface area (Å²) in [5.41, 5.74) is 0.835. The van der Waals surface area contributed by atoms with Crippen LogP contribution in [0.15, 0.2) is 54.6 Å². The van der Waals surface area contributed by atoms with Crippen molar-refractivity contribution in [1.82, 2.24) is 0 Å². The Kier molecular flexibility index (Phi) is 7.13. The van der Waals surface area contributed by atoms with Crippen LogP contribution in [0.1, 0.15) is 6.42 Å². The van der Waals surface area contributed by atoms with Crippen molar-refractivity contribution in [1.29, 1.82) is 0 Å². The molecule has 0 unspecified atom stereocenters. The second-order valence-corrected chi connectivity index (χ2v) is 6.24. The number of para-hydroxylation sites is 1. The van der Waals surface area contributed by atoms with E-state index >= 15 is 0 Å². The zero-order chi connectivity index (χ0) is 15.6. The fourth-order valence-corrected chi connectivity index (χ4v) is 2.70. The highest BCUT2D eigenvalue weighted by Gasteiger charge is 2.02. The van der Waals surface area contributed by atoms with Crippen LogP contribution in [-0.2, 0) is 4.79 Å². The van der Waals surface area contributed by atoms with Gasteiger partial charge in [0.15, 0.2) is 0 Å². The van der Waals surface area contributed by atoms with Crippen LogP contribution >= 0.6 is 23.4 Å². The van der Waals surface area contributed by atoms with Gasteiger partial charge >= 0.3 is 0 Å². The number of hydrogen-bond donors (Lipinski definition) is 1. The number of carbonyl (C=O) groups is 1. The molecule has 0 aromatic heterocycles. The lowest BCUT2D eigenvalue weighted by atomic mass is 10.3. The number of thioether (sulfide) groups is 1. The fourth-order valence-electron chi connectivity index (χ4n) is 1.79. The van der Waals surface area contributed by atoms with Gasteiger partial charge in [-0.25, -0.2) is 0 Å². The standard InChI is InChI=1S/C17H18ClNO2S/c18-14-5-4-8-16(13-14)21-10-12-22-11-9-17(20)19-15-6-2-1-3-7-15/h1-8,13H,9-12H2,(H,19,20). The molecule has 0 radical (unpaired) electrons. The van der Waals surface area contributed by atoms with Gasteiger partial charge < -0.3 is 10.1 Å². The Labute approximate surface area is 140 Å². The molecule has 0 heterocycles. The number of nitrogens with one attached hydrogen (secondary N) is 1. The van der Waals surface area contributed by atoms with Crippen LogP contribution in [0.25, 0.3) is 0 Å². The molecule has 0 saturated heterocycles. The number of halogens is 1. The molecule has 2 aromatic carbocycles. The van der Waals surface area contributed by atoms with Gasteiger partial charge in [-0.3, -0.25) is 4.79 Å². The first-order valence-corrected chi connectivity index (χ1v) is 8.58. The molecule has 0 aliphatic carbocycles. The summed E-state index contributed by atoms with van der Waals surface area (Å²) < 4.78 is 5.58. The van der Waals surface area contributed by atoms with Crippen molar-refractivity contribution in [3.05, 3.63) is 59.6 Å². The van der Waals surface area contributed by atoms with Gasteiger partial charge in [0.2, 0.25) is 5.91 Å². The zero-order valence-corrected chi connectivity index (χ0v) is 13.7. The lowest BCUT2D eigenvalue weighted by Gasteiger charge is -2.07. The maximum atomic E-state index is 11.7. The molecule has 22 heavy (non-hydrogen) atoms. The van der Waals surface area contributed by atoms with E-state index in [1.54, 1.807) is 17.8 Å². The lowest BCUT2D eigenvalue weighted by molar-refractivity contribution is -0.115. The molecule has 5 heteroatoms. The predicted molar refractivity (Wildman–Crippen MR) is 94.0 cm³/mol. The van der Waals surface area contributed by atoms with Crippen LogP contribution in [0, 0.1) is 0 Å². The van der Waals surface area contributed by atoms with Gasteiger partial charge in [-0.1, -0.05) is 35.9 Å². The highest BCUT2D eigenvalue weighted by atomic mass is 35.5. The second-order valence-electron chi connectivity index (χ2n) is 4.58. The molecule has 1 N–H and O–H groups in total. The van der Waals surface area contributed by atoms with E-state index in [4.69, 9.17) is 16.3 Å². The molecule has 2 aromatic rings. The summed E-state index contributed by atoms with van der Waals surface area (Å²) in [5, 5.41) is 3.54. The fraction of sp³-hybridized carbons (Fsp3) is 0.235. The van der Waals surface area contributed by atoms with E-state index in [1.807, 2.05) is 48.5 Å². The molecule has 0 spiro atoms. The summed E-state index contributed by atoms with van der Waals surface area (Å²) in [5.74, 6) is 2.42. The number of rotatable bonds is 8. The average molecular weight is 336 g/mol. The SMILES string of the molecule is O=C(CCSCCOc1cccc(Cl)c1)Nc1ccccc1. The van der Waals surface area contributed by atoms with Crippen molar-refractivity contribution in [2.45, 2.75) is 6.42 Å². The van der Waals surface area contributed by atoms with Crippen LogP contribution in [0.2, 0.25) is 5.02 Å². The van der Waals surface area contributed by atoms with Gasteiger partial charge in [0, 0.05) is 28.6 Å². The molecule has 1 amide bonds. The zero-order valence-electron chi connectivity index (χ0n) is 12.1. The minimum absolute atomic E-state index is 0.0365. The average Bonchev–Trinajstić information content (AvgIpc) is 2.52. The van der Waals surface area contributed by atoms with Crippen molar-refractivity contribution >= 4 is 35.0 Å². The normalized spacial score (nSPS) is 10.2. The summed E-state index contributed by atoms with van der Waals surface area (Å²) >= 11 is 7.58. The molecule has 0 fully saturated rings. The number of benzene rings is 2. The quantitative estimate of drug-likeness (QED) is 0.723. The molecular formula is C17H18ClNO2S. The van der Waals surface area contributed by atoms with Gasteiger partial charge in [-0.05, 0) is 30.3 Å². The Bertz CT molecular complexity index is 592. The third-order valence-electron chi connectivity index (χ3n) is 2.82. The van der Waals surface area contributed by atoms with E-state index < -0.39 is 0 Å². The summed E-state index contributed by atoms with van der Waals surface area (Å²) in [6, 6.07) is 16.8. The molecule has 0 aliphatic heterocycles. The Morgan fingerprint density at radius 3 is 2.68 bits per heavy atom. The van der Waals surface area contributed by atoms with Crippen LogP contribution in [0.4, 0.5) is 5.69 Å². The highest BCUT2D eigenvalue weighted by Crippen LogP contribution is 2.17. The van der Waals surface area contributed by atoms with Gasteiger partial charge in [-0.15, -0.1) is 0 Å². The topological polar surface area (TPSA) is 38.3 Å². The van der Waals surface area contributed by atoms with Gasteiger partial charge in [-0.2, -0.15) is 11.8 Å². The van der Waals surface area contributed by atoms with Crippen molar-refractivity contribution in [3.63, 3.8) is 0 Å². The molecular weight excluding hydrogens is 318 g/mol. The first kappa shape index (κ1) is 16.7. The molecule has 0 saturated carbocycles. The van der Waals surface area contributed by atoms with Crippen molar-refractivity contribution in [2.24, 2.45) is 0 Å². The summed E-state index contributed by atoms with van der Waals surface area (Å²) in [6.45, 7) is 0.602. The molecule has 3 nitrogen and oxygen atoms in total. The maximum absolute atomic E-state index is 11.7. The number of anilines is 1. The van der Waals surface area contributed by atoms with Crippen molar-refractivity contribution < 1.29 is 9.53 Å². The van der Waals surface area contributed by atoms with Gasteiger partial charge in [0.25, 0.3) is 0 Å². The minimum Gasteiger partial charge on any atom is -0.493 e. The first-order chi connectivity index (χ1) is 10.7.